The third-order valence-electron chi connectivity index (χ3n) is 4.23. The van der Waals surface area contributed by atoms with Crippen molar-refractivity contribution in [3.8, 4) is 17.3 Å². The van der Waals surface area contributed by atoms with Gasteiger partial charge < -0.3 is 5.32 Å². The molecule has 0 bridgehead atoms. The summed E-state index contributed by atoms with van der Waals surface area (Å²) in [5, 5.41) is 16.2. The number of para-hydroxylation sites is 1. The second-order valence-corrected chi connectivity index (χ2v) is 7.05. The van der Waals surface area contributed by atoms with Crippen molar-refractivity contribution in [1.29, 1.82) is 5.26 Å². The smallest absolute Gasteiger partial charge is 0.136 e. The zero-order valence-electron chi connectivity index (χ0n) is 15.0. The van der Waals surface area contributed by atoms with E-state index >= 15 is 0 Å². The van der Waals surface area contributed by atoms with E-state index in [1.165, 1.54) is 23.5 Å². The van der Waals surface area contributed by atoms with Gasteiger partial charge in [0.15, 0.2) is 0 Å². The molecule has 6 heteroatoms. The van der Waals surface area contributed by atoms with E-state index in [1.807, 2.05) is 42.6 Å². The highest BCUT2D eigenvalue weighted by atomic mass is 32.1. The van der Waals surface area contributed by atoms with E-state index in [0.29, 0.717) is 16.3 Å². The van der Waals surface area contributed by atoms with E-state index in [2.05, 4.69) is 21.4 Å². The Kier molecular flexibility index (Phi) is 4.83. The SMILES string of the molecule is Cc1ccc2cccc(NC=C(C#N)c3nc(-c4ccc(F)cc4)cs3)c2n1. The van der Waals surface area contributed by atoms with Gasteiger partial charge in [0.1, 0.15) is 22.5 Å². The fourth-order valence-corrected chi connectivity index (χ4v) is 3.60. The van der Waals surface area contributed by atoms with Gasteiger partial charge in [-0.2, -0.15) is 5.26 Å². The van der Waals surface area contributed by atoms with Gasteiger partial charge in [-0.1, -0.05) is 18.2 Å². The Balaban J connectivity index is 1.63. The summed E-state index contributed by atoms with van der Waals surface area (Å²) in [6.07, 6.45) is 1.64. The molecule has 4 aromatic rings. The number of aromatic nitrogens is 2. The molecule has 0 saturated carbocycles. The van der Waals surface area contributed by atoms with Crippen LogP contribution in [0.1, 0.15) is 10.7 Å². The summed E-state index contributed by atoms with van der Waals surface area (Å²) in [4.78, 5) is 9.10. The van der Waals surface area contributed by atoms with Crippen LogP contribution in [-0.2, 0) is 0 Å². The third kappa shape index (κ3) is 3.61. The maximum atomic E-state index is 13.1. The first-order valence-electron chi connectivity index (χ1n) is 8.59. The average molecular weight is 386 g/mol. The number of hydrogen-bond acceptors (Lipinski definition) is 5. The summed E-state index contributed by atoms with van der Waals surface area (Å²) in [5.41, 5.74) is 4.54. The molecule has 2 aromatic carbocycles. The number of anilines is 1. The molecular weight excluding hydrogens is 371 g/mol. The zero-order valence-corrected chi connectivity index (χ0v) is 15.8. The van der Waals surface area contributed by atoms with E-state index in [1.54, 1.807) is 18.3 Å². The van der Waals surface area contributed by atoms with Crippen molar-refractivity contribution in [3.63, 3.8) is 0 Å². The van der Waals surface area contributed by atoms with Crippen LogP contribution in [0.15, 0.2) is 66.2 Å². The summed E-state index contributed by atoms with van der Waals surface area (Å²) in [7, 11) is 0. The highest BCUT2D eigenvalue weighted by molar-refractivity contribution is 7.11. The Bertz CT molecular complexity index is 1220. The molecule has 0 fully saturated rings. The highest BCUT2D eigenvalue weighted by Crippen LogP contribution is 2.27. The normalized spacial score (nSPS) is 11.4. The lowest BCUT2D eigenvalue weighted by Crippen LogP contribution is -1.94. The molecule has 0 radical (unpaired) electrons. The van der Waals surface area contributed by atoms with Crippen LogP contribution >= 0.6 is 11.3 Å². The first kappa shape index (κ1) is 17.8. The number of aryl methyl sites for hydroxylation is 1. The molecular formula is C22H15FN4S. The van der Waals surface area contributed by atoms with Crippen molar-refractivity contribution in [2.45, 2.75) is 6.92 Å². The van der Waals surface area contributed by atoms with Crippen molar-refractivity contribution in [3.05, 3.63) is 82.7 Å². The van der Waals surface area contributed by atoms with Gasteiger partial charge in [0.2, 0.25) is 0 Å². The Hall–Kier alpha value is -3.56. The van der Waals surface area contributed by atoms with Crippen LogP contribution in [0.25, 0.3) is 27.7 Å². The van der Waals surface area contributed by atoms with Gasteiger partial charge in [0.25, 0.3) is 0 Å². The van der Waals surface area contributed by atoms with Crippen LogP contribution in [0.4, 0.5) is 10.1 Å². The largest absolute Gasteiger partial charge is 0.359 e. The first-order chi connectivity index (χ1) is 13.6. The molecule has 136 valence electrons. The second kappa shape index (κ2) is 7.59. The van der Waals surface area contributed by atoms with E-state index in [-0.39, 0.29) is 5.82 Å². The predicted molar refractivity (Wildman–Crippen MR) is 111 cm³/mol. The Morgan fingerprint density at radius 1 is 1.11 bits per heavy atom. The number of pyridine rings is 1. The van der Waals surface area contributed by atoms with E-state index in [4.69, 9.17) is 0 Å². The van der Waals surface area contributed by atoms with Crippen LogP contribution in [0.2, 0.25) is 0 Å². The summed E-state index contributed by atoms with van der Waals surface area (Å²) >= 11 is 1.37. The molecule has 28 heavy (non-hydrogen) atoms. The van der Waals surface area contributed by atoms with Gasteiger partial charge in [0.05, 0.1) is 16.9 Å². The number of nitrogens with one attached hydrogen (secondary N) is 1. The zero-order chi connectivity index (χ0) is 19.5. The molecule has 1 N–H and O–H groups in total. The van der Waals surface area contributed by atoms with Gasteiger partial charge in [-0.15, -0.1) is 11.3 Å². The van der Waals surface area contributed by atoms with E-state index < -0.39 is 0 Å². The number of fused-ring (bicyclic) bond motifs is 1. The van der Waals surface area contributed by atoms with Gasteiger partial charge in [-0.3, -0.25) is 4.98 Å². The second-order valence-electron chi connectivity index (χ2n) is 6.19. The molecule has 0 atom stereocenters. The minimum atomic E-state index is -0.292. The van der Waals surface area contributed by atoms with Gasteiger partial charge in [0, 0.05) is 28.2 Å². The van der Waals surface area contributed by atoms with E-state index in [9.17, 15) is 9.65 Å². The summed E-state index contributed by atoms with van der Waals surface area (Å²) in [5.74, 6) is -0.292. The number of thiazole rings is 1. The predicted octanol–water partition coefficient (Wildman–Crippen LogP) is 5.78. The number of nitrogens with zero attached hydrogens (tertiary/aromatic N) is 3. The minimum absolute atomic E-state index is 0.292. The maximum absolute atomic E-state index is 13.1. The summed E-state index contributed by atoms with van der Waals surface area (Å²) < 4.78 is 13.1. The standard InChI is InChI=1S/C22H15FN4S/c1-14-5-6-16-3-2-4-19(21(16)26-14)25-12-17(11-24)22-27-20(13-28-22)15-7-9-18(23)10-8-15/h2-10,12-13,25H,1H3. The summed E-state index contributed by atoms with van der Waals surface area (Å²) in [6.45, 7) is 1.94. The molecule has 0 aliphatic carbocycles. The van der Waals surface area contributed by atoms with Crippen molar-refractivity contribution in [2.75, 3.05) is 5.32 Å². The van der Waals surface area contributed by atoms with Crippen molar-refractivity contribution < 1.29 is 4.39 Å². The number of rotatable bonds is 4. The number of benzene rings is 2. The number of halogens is 1. The average Bonchev–Trinajstić information content (AvgIpc) is 3.19. The van der Waals surface area contributed by atoms with Crippen molar-refractivity contribution in [2.24, 2.45) is 0 Å². The monoisotopic (exact) mass is 386 g/mol. The van der Waals surface area contributed by atoms with Gasteiger partial charge in [-0.05, 0) is 43.3 Å². The fraction of sp³-hybridized carbons (Fsp3) is 0.0455. The van der Waals surface area contributed by atoms with Gasteiger partial charge in [-0.25, -0.2) is 9.37 Å². The minimum Gasteiger partial charge on any atom is -0.359 e. The molecule has 0 unspecified atom stereocenters. The number of allylic oxidation sites excluding steroid dienone is 1. The Morgan fingerprint density at radius 3 is 2.71 bits per heavy atom. The lowest BCUT2D eigenvalue weighted by Gasteiger charge is -2.06. The van der Waals surface area contributed by atoms with E-state index in [0.717, 1.165) is 27.8 Å². The molecule has 2 aromatic heterocycles. The molecule has 4 nitrogen and oxygen atoms in total. The molecule has 0 amide bonds. The molecule has 0 saturated heterocycles. The number of hydrogen-bond donors (Lipinski definition) is 1. The lowest BCUT2D eigenvalue weighted by molar-refractivity contribution is 0.628. The Labute approximate surface area is 165 Å². The van der Waals surface area contributed by atoms with Crippen molar-refractivity contribution >= 4 is 33.5 Å². The van der Waals surface area contributed by atoms with Crippen LogP contribution in [0, 0.1) is 24.1 Å². The lowest BCUT2D eigenvalue weighted by atomic mass is 10.1. The van der Waals surface area contributed by atoms with Crippen LogP contribution < -0.4 is 5.32 Å². The van der Waals surface area contributed by atoms with Gasteiger partial charge >= 0.3 is 0 Å². The topological polar surface area (TPSA) is 61.6 Å². The summed E-state index contributed by atoms with van der Waals surface area (Å²) in [6, 6.07) is 18.2. The maximum Gasteiger partial charge on any atom is 0.136 e. The molecule has 2 heterocycles. The van der Waals surface area contributed by atoms with Crippen LogP contribution in [0.3, 0.4) is 0 Å². The number of nitriles is 1. The molecule has 0 aliphatic rings. The fourth-order valence-electron chi connectivity index (χ4n) is 2.80. The Morgan fingerprint density at radius 2 is 1.93 bits per heavy atom. The molecule has 0 spiro atoms. The van der Waals surface area contributed by atoms with Crippen LogP contribution in [-0.4, -0.2) is 9.97 Å². The quantitative estimate of drug-likeness (QED) is 0.452. The van der Waals surface area contributed by atoms with Crippen LogP contribution in [0.5, 0.6) is 0 Å². The highest BCUT2D eigenvalue weighted by Gasteiger charge is 2.10. The van der Waals surface area contributed by atoms with Crippen molar-refractivity contribution in [1.82, 2.24) is 9.97 Å². The molecule has 4 rings (SSSR count). The molecule has 0 aliphatic heterocycles. The third-order valence-corrected chi connectivity index (χ3v) is 5.10. The first-order valence-corrected chi connectivity index (χ1v) is 9.47.